The predicted molar refractivity (Wildman–Crippen MR) is 74.5 cm³/mol. The van der Waals surface area contributed by atoms with Crippen molar-refractivity contribution in [3.8, 4) is 11.5 Å². The Bertz CT molecular complexity index is 585. The Morgan fingerprint density at radius 2 is 2.06 bits per heavy atom. The minimum Gasteiger partial charge on any atom is -0.486 e. The highest BCUT2D eigenvalue weighted by molar-refractivity contribution is 9.10. The fraction of sp³-hybridized carbons (Fsp3) is 0.250. The quantitative estimate of drug-likeness (QED) is 0.921. The molecule has 0 bridgehead atoms. The molecule has 3 rings (SSSR count). The monoisotopic (exact) mass is 326 g/mol. The van der Waals surface area contributed by atoms with E-state index in [0.717, 1.165) is 33.0 Å². The Hall–Kier alpha value is -1.27. The lowest BCUT2D eigenvalue weighted by molar-refractivity contribution is 0.171. The number of benzene rings is 1. The zero-order valence-electron chi connectivity index (χ0n) is 9.48. The number of anilines is 1. The van der Waals surface area contributed by atoms with Crippen LogP contribution >= 0.6 is 27.3 Å². The minimum atomic E-state index is 0.578. The van der Waals surface area contributed by atoms with Crippen molar-refractivity contribution in [2.24, 2.45) is 0 Å². The molecule has 1 aliphatic rings. The molecule has 1 aromatic heterocycles. The summed E-state index contributed by atoms with van der Waals surface area (Å²) in [5, 5.41) is 0.578. The van der Waals surface area contributed by atoms with Gasteiger partial charge in [0, 0.05) is 11.3 Å². The maximum atomic E-state index is 5.68. The van der Waals surface area contributed by atoms with Crippen LogP contribution in [-0.4, -0.2) is 18.2 Å². The van der Waals surface area contributed by atoms with E-state index >= 15 is 0 Å². The molecule has 0 aliphatic carbocycles. The van der Waals surface area contributed by atoms with E-state index in [9.17, 15) is 0 Å². The summed E-state index contributed by atoms with van der Waals surface area (Å²) in [7, 11) is 0. The topological polar surface area (TPSA) is 57.4 Å². The van der Waals surface area contributed by atoms with E-state index in [0.29, 0.717) is 18.3 Å². The molecule has 0 saturated carbocycles. The molecule has 0 atom stereocenters. The molecule has 0 unspecified atom stereocenters. The Morgan fingerprint density at radius 3 is 2.78 bits per heavy atom. The van der Waals surface area contributed by atoms with Gasteiger partial charge in [0.05, 0.1) is 0 Å². The van der Waals surface area contributed by atoms with Crippen molar-refractivity contribution in [2.75, 3.05) is 18.9 Å². The van der Waals surface area contributed by atoms with Crippen LogP contribution in [-0.2, 0) is 6.42 Å². The maximum Gasteiger partial charge on any atom is 0.181 e. The lowest BCUT2D eigenvalue weighted by Gasteiger charge is -2.18. The smallest absolute Gasteiger partial charge is 0.181 e. The number of thiazole rings is 1. The van der Waals surface area contributed by atoms with Crippen molar-refractivity contribution in [1.82, 2.24) is 4.98 Å². The van der Waals surface area contributed by atoms with E-state index in [4.69, 9.17) is 15.2 Å². The molecule has 0 spiro atoms. The van der Waals surface area contributed by atoms with Gasteiger partial charge in [-0.05, 0) is 33.6 Å². The van der Waals surface area contributed by atoms with Crippen LogP contribution in [0.3, 0.4) is 0 Å². The van der Waals surface area contributed by atoms with Crippen LogP contribution in [0.4, 0.5) is 5.13 Å². The lowest BCUT2D eigenvalue weighted by Crippen LogP contribution is -2.15. The van der Waals surface area contributed by atoms with Gasteiger partial charge in [-0.15, -0.1) is 11.3 Å². The molecule has 2 aromatic rings. The predicted octanol–water partition coefficient (Wildman–Crippen LogP) is 2.85. The van der Waals surface area contributed by atoms with E-state index in [1.165, 1.54) is 11.3 Å². The molecule has 0 amide bonds. The van der Waals surface area contributed by atoms with Crippen molar-refractivity contribution >= 4 is 32.4 Å². The standard InChI is InChI=1S/C12H11BrN2O2S/c13-11-10(18-12(14)15-11)6-7-1-2-8-9(5-7)17-4-3-16-8/h1-2,5H,3-4,6H2,(H2,14,15). The number of nitrogens with zero attached hydrogens (tertiary/aromatic N) is 1. The molecule has 0 saturated heterocycles. The van der Waals surface area contributed by atoms with Gasteiger partial charge in [0.2, 0.25) is 0 Å². The second-order valence-corrected chi connectivity index (χ2v) is 5.79. The molecule has 94 valence electrons. The Balaban J connectivity index is 1.87. The van der Waals surface area contributed by atoms with Crippen LogP contribution in [0, 0.1) is 0 Å². The summed E-state index contributed by atoms with van der Waals surface area (Å²) in [6, 6.07) is 5.99. The summed E-state index contributed by atoms with van der Waals surface area (Å²) in [4.78, 5) is 5.27. The van der Waals surface area contributed by atoms with Gasteiger partial charge >= 0.3 is 0 Å². The first-order chi connectivity index (χ1) is 8.72. The summed E-state index contributed by atoms with van der Waals surface area (Å²) in [5.41, 5.74) is 6.83. The van der Waals surface area contributed by atoms with E-state index in [-0.39, 0.29) is 0 Å². The molecule has 1 aromatic carbocycles. The van der Waals surface area contributed by atoms with Gasteiger partial charge in [0.25, 0.3) is 0 Å². The highest BCUT2D eigenvalue weighted by Crippen LogP contribution is 2.33. The average molecular weight is 327 g/mol. The Morgan fingerprint density at radius 1 is 1.28 bits per heavy atom. The summed E-state index contributed by atoms with van der Waals surface area (Å²) in [5.74, 6) is 1.63. The molecule has 4 nitrogen and oxygen atoms in total. The zero-order chi connectivity index (χ0) is 12.5. The van der Waals surface area contributed by atoms with Crippen LogP contribution in [0.2, 0.25) is 0 Å². The van der Waals surface area contributed by atoms with Crippen molar-refractivity contribution in [1.29, 1.82) is 0 Å². The van der Waals surface area contributed by atoms with Gasteiger partial charge in [0.1, 0.15) is 17.8 Å². The molecular weight excluding hydrogens is 316 g/mol. The van der Waals surface area contributed by atoms with Crippen molar-refractivity contribution in [3.05, 3.63) is 33.2 Å². The number of nitrogens with two attached hydrogens (primary N) is 1. The Labute approximate surface area is 117 Å². The first-order valence-electron chi connectivity index (χ1n) is 5.51. The number of hydrogen-bond donors (Lipinski definition) is 1. The minimum absolute atomic E-state index is 0.578. The first-order valence-corrected chi connectivity index (χ1v) is 7.12. The van der Waals surface area contributed by atoms with E-state index < -0.39 is 0 Å². The van der Waals surface area contributed by atoms with E-state index in [1.54, 1.807) is 0 Å². The van der Waals surface area contributed by atoms with Crippen LogP contribution < -0.4 is 15.2 Å². The second-order valence-electron chi connectivity index (χ2n) is 3.92. The molecule has 6 heteroatoms. The lowest BCUT2D eigenvalue weighted by atomic mass is 10.1. The summed E-state index contributed by atoms with van der Waals surface area (Å²) < 4.78 is 11.9. The largest absolute Gasteiger partial charge is 0.486 e. The Kier molecular flexibility index (Phi) is 3.13. The first kappa shape index (κ1) is 11.8. The van der Waals surface area contributed by atoms with Gasteiger partial charge in [-0.3, -0.25) is 0 Å². The van der Waals surface area contributed by atoms with Crippen molar-refractivity contribution in [3.63, 3.8) is 0 Å². The van der Waals surface area contributed by atoms with Crippen LogP contribution in [0.25, 0.3) is 0 Å². The molecule has 2 N–H and O–H groups in total. The highest BCUT2D eigenvalue weighted by atomic mass is 79.9. The van der Waals surface area contributed by atoms with Gasteiger partial charge in [-0.2, -0.15) is 0 Å². The van der Waals surface area contributed by atoms with Crippen molar-refractivity contribution < 1.29 is 9.47 Å². The number of rotatable bonds is 2. The van der Waals surface area contributed by atoms with Gasteiger partial charge in [-0.25, -0.2) is 4.98 Å². The number of fused-ring (bicyclic) bond motifs is 1. The third kappa shape index (κ3) is 2.30. The van der Waals surface area contributed by atoms with E-state index in [2.05, 4.69) is 20.9 Å². The van der Waals surface area contributed by atoms with Crippen LogP contribution in [0.1, 0.15) is 10.4 Å². The van der Waals surface area contributed by atoms with Gasteiger partial charge < -0.3 is 15.2 Å². The van der Waals surface area contributed by atoms with Gasteiger partial charge in [-0.1, -0.05) is 6.07 Å². The summed E-state index contributed by atoms with van der Waals surface area (Å²) >= 11 is 4.91. The number of nitrogen functional groups attached to an aromatic ring is 1. The molecule has 1 aliphatic heterocycles. The molecular formula is C12H11BrN2O2S. The highest BCUT2D eigenvalue weighted by Gasteiger charge is 2.13. The number of aromatic nitrogens is 1. The molecule has 2 heterocycles. The third-order valence-corrected chi connectivity index (χ3v) is 4.44. The molecule has 0 fully saturated rings. The normalized spacial score (nSPS) is 13.6. The molecule has 18 heavy (non-hydrogen) atoms. The summed E-state index contributed by atoms with van der Waals surface area (Å²) in [6.45, 7) is 1.22. The summed E-state index contributed by atoms with van der Waals surface area (Å²) in [6.07, 6.45) is 0.784. The van der Waals surface area contributed by atoms with Crippen LogP contribution in [0.5, 0.6) is 11.5 Å². The fourth-order valence-electron chi connectivity index (χ4n) is 1.84. The average Bonchev–Trinajstić information content (AvgIpc) is 2.68. The second kappa shape index (κ2) is 4.78. The maximum absolute atomic E-state index is 5.68. The number of halogens is 1. The number of hydrogen-bond acceptors (Lipinski definition) is 5. The van der Waals surface area contributed by atoms with E-state index in [1.807, 2.05) is 18.2 Å². The van der Waals surface area contributed by atoms with Crippen molar-refractivity contribution in [2.45, 2.75) is 6.42 Å². The molecule has 0 radical (unpaired) electrons. The number of ether oxygens (including phenoxy) is 2. The third-order valence-electron chi connectivity index (χ3n) is 2.64. The van der Waals surface area contributed by atoms with Crippen LogP contribution in [0.15, 0.2) is 22.8 Å². The van der Waals surface area contributed by atoms with Gasteiger partial charge in [0.15, 0.2) is 16.6 Å². The fourth-order valence-corrected chi connectivity index (χ4v) is 3.29. The zero-order valence-corrected chi connectivity index (χ0v) is 11.9. The SMILES string of the molecule is Nc1nc(Br)c(Cc2ccc3c(c2)OCCO3)s1.